The first-order chi connectivity index (χ1) is 9.27. The molecule has 98 valence electrons. The highest BCUT2D eigenvalue weighted by atomic mass is 15.1. The van der Waals surface area contributed by atoms with Gasteiger partial charge in [0.25, 0.3) is 0 Å². The van der Waals surface area contributed by atoms with Crippen LogP contribution in [0.3, 0.4) is 0 Å². The molecule has 0 spiro atoms. The summed E-state index contributed by atoms with van der Waals surface area (Å²) in [6.07, 6.45) is 1.13. The highest BCUT2D eigenvalue weighted by Gasteiger charge is 2.16. The van der Waals surface area contributed by atoms with Gasteiger partial charge in [0, 0.05) is 25.0 Å². The second kappa shape index (κ2) is 5.06. The Morgan fingerprint density at radius 1 is 1.00 bits per heavy atom. The minimum atomic E-state index is 0.974. The van der Waals surface area contributed by atoms with E-state index in [1.807, 2.05) is 0 Å². The molecule has 0 fully saturated rings. The number of benzene rings is 2. The maximum atomic E-state index is 3.48. The zero-order valence-electron chi connectivity index (χ0n) is 11.6. The third-order valence-corrected chi connectivity index (χ3v) is 3.96. The van der Waals surface area contributed by atoms with Crippen LogP contribution in [0.1, 0.15) is 16.7 Å². The zero-order chi connectivity index (χ0) is 13.2. The van der Waals surface area contributed by atoms with Crippen molar-refractivity contribution in [3.8, 4) is 0 Å². The Bertz CT molecular complexity index is 590. The van der Waals surface area contributed by atoms with Gasteiger partial charge in [-0.25, -0.2) is 0 Å². The number of fused-ring (bicyclic) bond motifs is 1. The molecule has 1 heterocycles. The minimum Gasteiger partial charge on any atom is -0.344 e. The quantitative estimate of drug-likeness (QED) is 0.881. The summed E-state index contributed by atoms with van der Waals surface area (Å²) >= 11 is 0. The Hall–Kier alpha value is -1.80. The van der Waals surface area contributed by atoms with Crippen LogP contribution in [0.25, 0.3) is 0 Å². The lowest BCUT2D eigenvalue weighted by Crippen LogP contribution is -2.26. The molecule has 0 bridgehead atoms. The number of hydrogen-bond donors (Lipinski definition) is 1. The van der Waals surface area contributed by atoms with E-state index in [1.54, 1.807) is 0 Å². The van der Waals surface area contributed by atoms with E-state index in [0.717, 1.165) is 19.5 Å². The number of rotatable bonds is 2. The normalized spacial score (nSPS) is 14.0. The van der Waals surface area contributed by atoms with Gasteiger partial charge in [-0.3, -0.25) is 0 Å². The van der Waals surface area contributed by atoms with Crippen LogP contribution in [0.15, 0.2) is 42.5 Å². The van der Waals surface area contributed by atoms with Crippen LogP contribution in [0.5, 0.6) is 0 Å². The fraction of sp³-hybridized carbons (Fsp3) is 0.294. The minimum absolute atomic E-state index is 0.974. The average Bonchev–Trinajstić information content (AvgIpc) is 2.46. The molecule has 2 heteroatoms. The Kier molecular flexibility index (Phi) is 3.26. The van der Waals surface area contributed by atoms with E-state index in [0.29, 0.717) is 0 Å². The molecule has 0 radical (unpaired) electrons. The smallest absolute Gasteiger partial charge is 0.0456 e. The van der Waals surface area contributed by atoms with Gasteiger partial charge in [0.05, 0.1) is 0 Å². The predicted octanol–water partition coefficient (Wildman–Crippen LogP) is 3.41. The summed E-state index contributed by atoms with van der Waals surface area (Å²) in [6, 6.07) is 15.2. The Balaban J connectivity index is 2.05. The Morgan fingerprint density at radius 3 is 2.63 bits per heavy atom. The molecule has 0 unspecified atom stereocenters. The third-order valence-electron chi connectivity index (χ3n) is 3.96. The monoisotopic (exact) mass is 252 g/mol. The fourth-order valence-corrected chi connectivity index (χ4v) is 2.88. The van der Waals surface area contributed by atoms with Gasteiger partial charge in [-0.15, -0.1) is 0 Å². The van der Waals surface area contributed by atoms with Crippen molar-refractivity contribution in [2.75, 3.05) is 18.5 Å². The molecule has 0 amide bonds. The molecule has 0 aromatic heterocycles. The first kappa shape index (κ1) is 12.2. The topological polar surface area (TPSA) is 15.3 Å². The van der Waals surface area contributed by atoms with Gasteiger partial charge in [0.1, 0.15) is 0 Å². The van der Waals surface area contributed by atoms with Crippen molar-refractivity contribution in [1.29, 1.82) is 0 Å². The zero-order valence-corrected chi connectivity index (χ0v) is 11.6. The van der Waals surface area contributed by atoms with Gasteiger partial charge in [0.15, 0.2) is 0 Å². The number of nitrogens with zero attached hydrogens (tertiary/aromatic N) is 1. The molecule has 1 aliphatic rings. The van der Waals surface area contributed by atoms with E-state index >= 15 is 0 Å². The van der Waals surface area contributed by atoms with Crippen molar-refractivity contribution in [1.82, 2.24) is 5.32 Å². The van der Waals surface area contributed by atoms with Crippen molar-refractivity contribution < 1.29 is 0 Å². The van der Waals surface area contributed by atoms with Gasteiger partial charge < -0.3 is 10.2 Å². The lowest BCUT2D eigenvalue weighted by atomic mass is 9.98. The standard InChI is InChI=1S/C17H20N2/c1-13-6-3-4-8-16(13)19(2)17-9-5-7-14-10-11-18-12-15(14)17/h3-9,18H,10-12H2,1-2H3. The first-order valence-corrected chi connectivity index (χ1v) is 6.88. The molecule has 2 aromatic rings. The molecule has 2 aromatic carbocycles. The maximum Gasteiger partial charge on any atom is 0.0456 e. The molecule has 0 saturated carbocycles. The molecule has 0 saturated heterocycles. The molecule has 1 N–H and O–H groups in total. The van der Waals surface area contributed by atoms with Crippen molar-refractivity contribution in [3.63, 3.8) is 0 Å². The molecular weight excluding hydrogens is 232 g/mol. The van der Waals surface area contributed by atoms with Gasteiger partial charge in [-0.1, -0.05) is 30.3 Å². The Labute approximate surface area is 115 Å². The van der Waals surface area contributed by atoms with Gasteiger partial charge >= 0.3 is 0 Å². The summed E-state index contributed by atoms with van der Waals surface area (Å²) in [5.41, 5.74) is 6.84. The van der Waals surface area contributed by atoms with E-state index in [4.69, 9.17) is 0 Å². The molecule has 2 nitrogen and oxygen atoms in total. The van der Waals surface area contributed by atoms with Crippen LogP contribution in [0, 0.1) is 6.92 Å². The summed E-state index contributed by atoms with van der Waals surface area (Å²) in [4.78, 5) is 2.31. The van der Waals surface area contributed by atoms with Crippen LogP contribution in [-0.2, 0) is 13.0 Å². The highest BCUT2D eigenvalue weighted by Crippen LogP contribution is 2.32. The summed E-state index contributed by atoms with van der Waals surface area (Å²) in [6.45, 7) is 4.23. The van der Waals surface area contributed by atoms with E-state index in [9.17, 15) is 0 Å². The molecular formula is C17H20N2. The van der Waals surface area contributed by atoms with Crippen molar-refractivity contribution in [2.24, 2.45) is 0 Å². The highest BCUT2D eigenvalue weighted by molar-refractivity contribution is 5.69. The predicted molar refractivity (Wildman–Crippen MR) is 81.1 cm³/mol. The first-order valence-electron chi connectivity index (χ1n) is 6.88. The van der Waals surface area contributed by atoms with E-state index < -0.39 is 0 Å². The van der Waals surface area contributed by atoms with E-state index in [-0.39, 0.29) is 0 Å². The summed E-state index contributed by atoms with van der Waals surface area (Å²) < 4.78 is 0. The SMILES string of the molecule is Cc1ccccc1N(C)c1cccc2c1CNCC2. The van der Waals surface area contributed by atoms with Gasteiger partial charge in [-0.2, -0.15) is 0 Å². The van der Waals surface area contributed by atoms with Crippen LogP contribution in [-0.4, -0.2) is 13.6 Å². The van der Waals surface area contributed by atoms with Crippen LogP contribution < -0.4 is 10.2 Å². The molecule has 0 aliphatic carbocycles. The van der Waals surface area contributed by atoms with Crippen LogP contribution >= 0.6 is 0 Å². The molecule has 19 heavy (non-hydrogen) atoms. The van der Waals surface area contributed by atoms with Crippen molar-refractivity contribution in [2.45, 2.75) is 19.9 Å². The van der Waals surface area contributed by atoms with E-state index in [2.05, 4.69) is 66.7 Å². The second-order valence-corrected chi connectivity index (χ2v) is 5.19. The van der Waals surface area contributed by atoms with Crippen LogP contribution in [0.4, 0.5) is 11.4 Å². The summed E-state index contributed by atoms with van der Waals surface area (Å²) in [5.74, 6) is 0. The third kappa shape index (κ3) is 2.24. The number of nitrogens with one attached hydrogen (secondary N) is 1. The Morgan fingerprint density at radius 2 is 1.79 bits per heavy atom. The van der Waals surface area contributed by atoms with Crippen LogP contribution in [0.2, 0.25) is 0 Å². The summed E-state index contributed by atoms with van der Waals surface area (Å²) in [5, 5.41) is 3.48. The number of para-hydroxylation sites is 1. The van der Waals surface area contributed by atoms with E-state index in [1.165, 1.54) is 28.1 Å². The van der Waals surface area contributed by atoms with Gasteiger partial charge in [0.2, 0.25) is 0 Å². The average molecular weight is 252 g/mol. The lowest BCUT2D eigenvalue weighted by molar-refractivity contribution is 0.643. The molecule has 3 rings (SSSR count). The number of hydrogen-bond acceptors (Lipinski definition) is 2. The maximum absolute atomic E-state index is 3.48. The largest absolute Gasteiger partial charge is 0.344 e. The molecule has 0 atom stereocenters. The second-order valence-electron chi connectivity index (χ2n) is 5.19. The van der Waals surface area contributed by atoms with Crippen molar-refractivity contribution in [3.05, 3.63) is 59.2 Å². The lowest BCUT2D eigenvalue weighted by Gasteiger charge is -2.28. The number of anilines is 2. The molecule has 1 aliphatic heterocycles. The van der Waals surface area contributed by atoms with Gasteiger partial charge in [-0.05, 0) is 48.7 Å². The number of aryl methyl sites for hydroxylation is 1. The fourth-order valence-electron chi connectivity index (χ4n) is 2.88. The summed E-state index contributed by atoms with van der Waals surface area (Å²) in [7, 11) is 2.16. The van der Waals surface area contributed by atoms with Crippen molar-refractivity contribution >= 4 is 11.4 Å².